The Kier molecular flexibility index (Phi) is 10.3. The van der Waals surface area contributed by atoms with Crippen molar-refractivity contribution in [2.24, 2.45) is 9.98 Å². The summed E-state index contributed by atoms with van der Waals surface area (Å²) in [4.78, 5) is 69.5. The number of esters is 2. The molecule has 6 aromatic rings. The summed E-state index contributed by atoms with van der Waals surface area (Å²) in [7, 11) is 0. The number of benzene rings is 2. The number of carbonyl (C=O) groups is 4. The van der Waals surface area contributed by atoms with Crippen molar-refractivity contribution in [3.63, 3.8) is 0 Å². The van der Waals surface area contributed by atoms with Gasteiger partial charge in [0.05, 0.1) is 29.2 Å². The molecule has 10 nitrogen and oxygen atoms in total. The molecule has 0 spiro atoms. The molecule has 2 saturated heterocycles. The van der Waals surface area contributed by atoms with Gasteiger partial charge in [-0.1, -0.05) is 85.1 Å². The van der Waals surface area contributed by atoms with Gasteiger partial charge < -0.3 is 9.47 Å². The van der Waals surface area contributed by atoms with Gasteiger partial charge in [-0.05, 0) is 60.6 Å². The van der Waals surface area contributed by atoms with Crippen LogP contribution in [0.25, 0.3) is 34.3 Å². The van der Waals surface area contributed by atoms with E-state index in [9.17, 15) is 19.2 Å². The van der Waals surface area contributed by atoms with Gasteiger partial charge in [0.15, 0.2) is 10.1 Å². The smallest absolute Gasteiger partial charge is 0.334 e. The van der Waals surface area contributed by atoms with Gasteiger partial charge in [0.25, 0.3) is 11.8 Å². The molecule has 4 aromatic heterocycles. The number of aliphatic imine (C=N–C) groups is 2. The van der Waals surface area contributed by atoms with E-state index in [1.165, 1.54) is 55.6 Å². The van der Waals surface area contributed by atoms with Crippen molar-refractivity contribution in [1.29, 1.82) is 0 Å². The van der Waals surface area contributed by atoms with Gasteiger partial charge in [0.1, 0.15) is 26.9 Å². The summed E-state index contributed by atoms with van der Waals surface area (Å²) in [5, 5.41) is 1.07. The average Bonchev–Trinajstić information content (AvgIpc) is 4.06. The maximum absolute atomic E-state index is 15.0. The molecule has 286 valence electrons. The Morgan fingerprint density at radius 2 is 1.21 bits per heavy atom. The normalized spacial score (nSPS) is 18.0. The van der Waals surface area contributed by atoms with Gasteiger partial charge in [-0.2, -0.15) is 0 Å². The van der Waals surface area contributed by atoms with Crippen molar-refractivity contribution >= 4 is 175 Å². The second kappa shape index (κ2) is 15.2. The van der Waals surface area contributed by atoms with Gasteiger partial charge in [0.2, 0.25) is 5.41 Å². The maximum atomic E-state index is 15.0. The van der Waals surface area contributed by atoms with Crippen LogP contribution < -0.4 is 0 Å². The lowest BCUT2D eigenvalue weighted by Gasteiger charge is -2.27. The van der Waals surface area contributed by atoms with E-state index in [2.05, 4.69) is 0 Å². The van der Waals surface area contributed by atoms with Gasteiger partial charge in [0, 0.05) is 28.2 Å². The van der Waals surface area contributed by atoms with Crippen molar-refractivity contribution in [1.82, 2.24) is 9.80 Å². The Labute approximate surface area is 360 Å². The summed E-state index contributed by atoms with van der Waals surface area (Å²) < 4.78 is 18.5. The predicted molar refractivity (Wildman–Crippen MR) is 242 cm³/mol. The Balaban J connectivity index is 1.20. The fourth-order valence-electron chi connectivity index (χ4n) is 6.68. The van der Waals surface area contributed by atoms with E-state index in [1.807, 2.05) is 80.6 Å². The Morgan fingerprint density at radius 3 is 1.75 bits per heavy atom. The van der Waals surface area contributed by atoms with Crippen LogP contribution in [0.5, 0.6) is 0 Å². The first kappa shape index (κ1) is 38.4. The fraction of sp³-hybridized carbons (Fsp3) is 0.179. The van der Waals surface area contributed by atoms with Crippen LogP contribution in [0.3, 0.4) is 0 Å². The van der Waals surface area contributed by atoms with Crippen molar-refractivity contribution in [2.75, 3.05) is 13.1 Å². The van der Waals surface area contributed by atoms with E-state index in [-0.39, 0.29) is 29.9 Å². The van der Waals surface area contributed by atoms with E-state index in [0.29, 0.717) is 42.2 Å². The number of amides is 2. The lowest BCUT2D eigenvalue weighted by molar-refractivity contribution is -0.164. The molecule has 1 aliphatic carbocycles. The molecule has 0 unspecified atom stereocenters. The number of hydrogen-bond acceptors (Lipinski definition) is 16. The van der Waals surface area contributed by atoms with E-state index >= 15 is 0 Å². The van der Waals surface area contributed by atoms with Crippen LogP contribution in [-0.4, -0.2) is 65.4 Å². The maximum Gasteiger partial charge on any atom is 0.334 e. The molecular weight excluding hydrogens is 877 g/mol. The number of ether oxygens (including phenoxy) is 2. The number of carbonyl (C=O) groups excluding carboxylic acids is 4. The molecular formula is C39H26N4O6S8. The molecule has 6 heterocycles. The Morgan fingerprint density at radius 1 is 0.684 bits per heavy atom. The van der Waals surface area contributed by atoms with Crippen LogP contribution in [0.15, 0.2) is 82.4 Å². The molecule has 2 aromatic carbocycles. The van der Waals surface area contributed by atoms with Crippen LogP contribution in [0.1, 0.15) is 35.4 Å². The number of thioether (sulfide) groups is 2. The zero-order valence-electron chi connectivity index (χ0n) is 29.8. The highest BCUT2D eigenvalue weighted by molar-refractivity contribution is 8.35. The minimum absolute atomic E-state index is 0.0345. The summed E-state index contributed by atoms with van der Waals surface area (Å²) in [5.41, 5.74) is -0.259. The Hall–Kier alpha value is -4.14. The van der Waals surface area contributed by atoms with E-state index in [0.717, 1.165) is 51.1 Å². The van der Waals surface area contributed by atoms with Crippen LogP contribution in [0.4, 0.5) is 5.00 Å². The van der Waals surface area contributed by atoms with E-state index in [1.54, 1.807) is 17.4 Å². The van der Waals surface area contributed by atoms with Crippen molar-refractivity contribution in [3.8, 4) is 0 Å². The number of thiocarbonyl (C=S) groups is 2. The molecule has 18 heteroatoms. The second-order valence-corrected chi connectivity index (χ2v) is 20.1. The molecule has 0 N–H and O–H groups in total. The second-order valence-electron chi connectivity index (χ2n) is 12.7. The first-order chi connectivity index (χ1) is 27.6. The van der Waals surface area contributed by atoms with Crippen molar-refractivity contribution in [3.05, 3.63) is 94.0 Å². The number of nitrogens with zero attached hydrogens (tertiary/aromatic N) is 4. The summed E-state index contributed by atoms with van der Waals surface area (Å²) in [6, 6.07) is 20.4. The highest BCUT2D eigenvalue weighted by atomic mass is 32.2. The van der Waals surface area contributed by atoms with Gasteiger partial charge >= 0.3 is 11.9 Å². The van der Waals surface area contributed by atoms with E-state index < -0.39 is 23.3 Å². The van der Waals surface area contributed by atoms with Crippen LogP contribution in [0, 0.1) is 0 Å². The van der Waals surface area contributed by atoms with Gasteiger partial charge in [-0.15, -0.1) is 45.3 Å². The van der Waals surface area contributed by atoms with E-state index in [4.69, 9.17) is 43.9 Å². The highest BCUT2D eigenvalue weighted by Crippen LogP contribution is 2.58. The molecule has 2 aliphatic heterocycles. The number of fused-ring (bicyclic) bond motifs is 7. The molecule has 57 heavy (non-hydrogen) atoms. The third kappa shape index (κ3) is 6.41. The largest absolute Gasteiger partial charge is 0.459 e. The molecule has 0 saturated carbocycles. The molecule has 0 radical (unpaired) electrons. The van der Waals surface area contributed by atoms with Crippen molar-refractivity contribution < 1.29 is 28.7 Å². The lowest BCUT2D eigenvalue weighted by Crippen LogP contribution is -2.46. The predicted octanol–water partition coefficient (Wildman–Crippen LogP) is 9.66. The van der Waals surface area contributed by atoms with Gasteiger partial charge in [-0.25, -0.2) is 9.98 Å². The quantitative estimate of drug-likeness (QED) is 0.0748. The molecule has 0 bridgehead atoms. The number of hydrogen-bond donors (Lipinski definition) is 0. The Bertz CT molecular complexity index is 2760. The molecule has 9 rings (SSSR count). The summed E-state index contributed by atoms with van der Waals surface area (Å²) >= 11 is 19.1. The summed E-state index contributed by atoms with van der Waals surface area (Å²) in [6.07, 6.45) is 1.70. The average molecular weight is 903 g/mol. The van der Waals surface area contributed by atoms with Crippen LogP contribution in [-0.2, 0) is 47.3 Å². The standard InChI is InChI=1S/C39H26N4O6S8/c1-3-42-33(44)31(56-37(42)50)40-23-15-21-25(39(23,35(46)48-17-19-11-7-5-8-12-19)36(47)49-18-20-13-9-6-10-14-20)27-29(52-21)30-28(55-27)26-22(53-30)16-24(54-26)41-32-34(45)43(4-2)38(51)57-32/h5-16H,3-4,17-18H2,1-2H3. The first-order valence-corrected chi connectivity index (χ1v) is 23.1. The third-order valence-corrected chi connectivity index (χ3v) is 17.3. The van der Waals surface area contributed by atoms with Crippen molar-refractivity contribution in [2.45, 2.75) is 32.5 Å². The highest BCUT2D eigenvalue weighted by Gasteiger charge is 2.60. The number of thiophene rings is 4. The minimum atomic E-state index is -2.17. The minimum Gasteiger partial charge on any atom is -0.459 e. The fourth-order valence-corrected chi connectivity index (χ4v) is 15.1. The first-order valence-electron chi connectivity index (χ1n) is 17.4. The third-order valence-electron chi connectivity index (χ3n) is 9.41. The summed E-state index contributed by atoms with van der Waals surface area (Å²) in [5.74, 6) is -2.34. The molecule has 3 aliphatic rings. The van der Waals surface area contributed by atoms with Crippen LogP contribution >= 0.6 is 93.3 Å². The molecule has 2 amide bonds. The molecule has 2 fully saturated rings. The van der Waals surface area contributed by atoms with Crippen LogP contribution in [0.2, 0.25) is 0 Å². The SMILES string of the molecule is CCN1C(=O)C(=NC2=Cc3sc4c(sc5c6sc(N=C7SC(=S)N(CC)C7=O)cc6sc45)c3C2(C(=O)OCc2ccccc2)C(=O)OCc2ccccc2)SC1=S. The topological polar surface area (TPSA) is 118 Å². The zero-order chi connectivity index (χ0) is 39.6. The number of rotatable bonds is 10. The monoisotopic (exact) mass is 902 g/mol. The zero-order valence-corrected chi connectivity index (χ0v) is 36.3. The lowest BCUT2D eigenvalue weighted by atomic mass is 9.81. The van der Waals surface area contributed by atoms with Gasteiger partial charge in [-0.3, -0.25) is 29.0 Å². The summed E-state index contributed by atoms with van der Waals surface area (Å²) in [6.45, 7) is 4.29. The molecule has 0 atom stereocenters.